The number of urea groups is 1. The van der Waals surface area contributed by atoms with Crippen LogP contribution < -0.4 is 54.9 Å². The van der Waals surface area contributed by atoms with E-state index in [9.17, 15) is 22.6 Å². The summed E-state index contributed by atoms with van der Waals surface area (Å²) in [5.41, 5.74) is 3.13. The molecule has 12 heteroatoms. The Morgan fingerprint density at radius 3 is 1.55 bits per heavy atom. The fourth-order valence-electron chi connectivity index (χ4n) is 2.80. The van der Waals surface area contributed by atoms with Gasteiger partial charge in [0, 0.05) is 46.1 Å². The van der Waals surface area contributed by atoms with Crippen molar-refractivity contribution in [2.45, 2.75) is 0 Å². The van der Waals surface area contributed by atoms with Crippen molar-refractivity contribution in [1.29, 1.82) is 0 Å². The van der Waals surface area contributed by atoms with Gasteiger partial charge in [0.15, 0.2) is 0 Å². The number of hydrogen-bond donors (Lipinski definition) is 2. The molecule has 0 spiro atoms. The topological polar surface area (TPSA) is 125 Å². The van der Waals surface area contributed by atoms with Crippen molar-refractivity contribution in [3.8, 4) is 0 Å². The smallest absolute Gasteiger partial charge is 0.748 e. The molecular formula is C21H28N5NaO5S. The van der Waals surface area contributed by atoms with Crippen LogP contribution in [0.25, 0.3) is 0 Å². The maximum atomic E-state index is 13.0. The summed E-state index contributed by atoms with van der Waals surface area (Å²) < 4.78 is 31.9. The predicted octanol–water partition coefficient (Wildman–Crippen LogP) is -1.67. The van der Waals surface area contributed by atoms with Crippen molar-refractivity contribution in [1.82, 2.24) is 10.6 Å². The molecule has 2 N–H and O–H groups in total. The van der Waals surface area contributed by atoms with E-state index in [1.807, 2.05) is 62.3 Å². The van der Waals surface area contributed by atoms with E-state index in [0.29, 0.717) is 11.4 Å². The van der Waals surface area contributed by atoms with E-state index in [4.69, 9.17) is 0 Å². The van der Waals surface area contributed by atoms with Crippen molar-refractivity contribution in [3.05, 3.63) is 48.5 Å². The molecule has 0 heterocycles. The van der Waals surface area contributed by atoms with E-state index in [2.05, 4.69) is 10.6 Å². The molecule has 0 aliphatic heterocycles. The van der Waals surface area contributed by atoms with Gasteiger partial charge in [-0.25, -0.2) is 13.2 Å². The summed E-state index contributed by atoms with van der Waals surface area (Å²) in [7, 11) is 3.23. The molecule has 33 heavy (non-hydrogen) atoms. The average molecular weight is 486 g/mol. The molecule has 0 aromatic heterocycles. The van der Waals surface area contributed by atoms with Gasteiger partial charge in [-0.3, -0.25) is 9.69 Å². The van der Waals surface area contributed by atoms with E-state index in [-0.39, 0.29) is 42.6 Å². The Morgan fingerprint density at radius 1 is 0.788 bits per heavy atom. The maximum absolute atomic E-state index is 13.0. The number of benzene rings is 2. The molecule has 0 saturated carbocycles. The summed E-state index contributed by atoms with van der Waals surface area (Å²) in [4.78, 5) is 30.2. The van der Waals surface area contributed by atoms with Crippen LogP contribution in [0.2, 0.25) is 0 Å². The molecule has 0 radical (unpaired) electrons. The Hall–Kier alpha value is -2.31. The van der Waals surface area contributed by atoms with Crippen LogP contribution in [-0.2, 0) is 14.9 Å². The van der Waals surface area contributed by atoms with E-state index in [1.54, 1.807) is 24.3 Å². The minimum atomic E-state index is -4.42. The van der Waals surface area contributed by atoms with Crippen molar-refractivity contribution in [2.75, 3.05) is 61.7 Å². The maximum Gasteiger partial charge on any atom is 1.00 e. The number of nitrogens with one attached hydrogen (secondary N) is 2. The quantitative estimate of drug-likeness (QED) is 0.321. The van der Waals surface area contributed by atoms with E-state index < -0.39 is 27.8 Å². The first-order chi connectivity index (χ1) is 15.0. The minimum absolute atomic E-state index is 0. The molecule has 0 aliphatic rings. The second kappa shape index (κ2) is 12.8. The molecule has 0 unspecified atom stereocenters. The normalized spacial score (nSPS) is 10.6. The van der Waals surface area contributed by atoms with Gasteiger partial charge >= 0.3 is 35.6 Å². The molecule has 0 saturated heterocycles. The summed E-state index contributed by atoms with van der Waals surface area (Å²) >= 11 is 0. The molecule has 2 rings (SSSR count). The standard InChI is InChI=1S/C21H29N5O5S.Na/c1-24(2)16-5-9-18(10-6-16)26(19-11-7-17(8-12-19)25(3)4)21(28)23-15-20(27)22-13-14-32(29,30)31;/h5-12H,13-15H2,1-4H3,(H,22,27)(H,23,28)(H,29,30,31);/q;+1/p-1. The predicted molar refractivity (Wildman–Crippen MR) is 125 cm³/mol. The third kappa shape index (κ3) is 9.22. The van der Waals surface area contributed by atoms with Gasteiger partial charge in [0.1, 0.15) is 0 Å². The van der Waals surface area contributed by atoms with Gasteiger partial charge in [-0.15, -0.1) is 0 Å². The number of amides is 3. The van der Waals surface area contributed by atoms with Crippen LogP contribution in [0.1, 0.15) is 0 Å². The van der Waals surface area contributed by atoms with Crippen molar-refractivity contribution >= 4 is 44.8 Å². The first kappa shape index (κ1) is 28.7. The van der Waals surface area contributed by atoms with Gasteiger partial charge < -0.3 is 25.0 Å². The van der Waals surface area contributed by atoms with Gasteiger partial charge in [0.2, 0.25) is 5.91 Å². The Kier molecular flexibility index (Phi) is 11.1. The van der Waals surface area contributed by atoms with Crippen molar-refractivity contribution in [2.24, 2.45) is 0 Å². The second-order valence-electron chi connectivity index (χ2n) is 7.43. The summed E-state index contributed by atoms with van der Waals surface area (Å²) in [6.45, 7) is -0.692. The fraction of sp³-hybridized carbons (Fsp3) is 0.333. The van der Waals surface area contributed by atoms with Gasteiger partial charge in [-0.05, 0) is 48.5 Å². The minimum Gasteiger partial charge on any atom is -0.748 e. The van der Waals surface area contributed by atoms with E-state index in [0.717, 1.165) is 11.4 Å². The first-order valence-electron chi connectivity index (χ1n) is 9.81. The average Bonchev–Trinajstić information content (AvgIpc) is 2.72. The van der Waals surface area contributed by atoms with E-state index >= 15 is 0 Å². The van der Waals surface area contributed by atoms with Crippen LogP contribution in [0, 0.1) is 0 Å². The molecule has 0 fully saturated rings. The van der Waals surface area contributed by atoms with Gasteiger partial charge in [-0.2, -0.15) is 0 Å². The van der Waals surface area contributed by atoms with E-state index in [1.165, 1.54) is 4.90 Å². The third-order valence-electron chi connectivity index (χ3n) is 4.53. The van der Waals surface area contributed by atoms with Crippen LogP contribution in [0.5, 0.6) is 0 Å². The zero-order valence-electron chi connectivity index (χ0n) is 19.5. The van der Waals surface area contributed by atoms with Crippen molar-refractivity contribution in [3.63, 3.8) is 0 Å². The van der Waals surface area contributed by atoms with Crippen LogP contribution in [0.4, 0.5) is 27.5 Å². The SMILES string of the molecule is CN(C)c1ccc(N(C(=O)NCC(=O)NCCS(=O)(=O)[O-])c2ccc(N(C)C)cc2)cc1.[Na+]. The van der Waals surface area contributed by atoms with Crippen LogP contribution in [-0.4, -0.2) is 71.9 Å². The number of carbonyl (C=O) groups excluding carboxylic acids is 2. The molecule has 0 atom stereocenters. The number of carbonyl (C=O) groups is 2. The molecule has 174 valence electrons. The van der Waals surface area contributed by atoms with Gasteiger partial charge in [0.25, 0.3) is 0 Å². The monoisotopic (exact) mass is 485 g/mol. The van der Waals surface area contributed by atoms with Crippen LogP contribution >= 0.6 is 0 Å². The molecule has 2 aromatic rings. The summed E-state index contributed by atoms with van der Waals surface area (Å²) in [5.74, 6) is -1.32. The molecule has 2 aromatic carbocycles. The molecule has 0 bridgehead atoms. The van der Waals surface area contributed by atoms with Crippen LogP contribution in [0.15, 0.2) is 48.5 Å². The van der Waals surface area contributed by atoms with Gasteiger partial charge in [0.05, 0.1) is 33.8 Å². The van der Waals surface area contributed by atoms with Gasteiger partial charge in [-0.1, -0.05) is 0 Å². The van der Waals surface area contributed by atoms with Crippen molar-refractivity contribution < 1.29 is 52.1 Å². The molecule has 0 aliphatic carbocycles. The number of hydrogen-bond acceptors (Lipinski definition) is 7. The Morgan fingerprint density at radius 2 is 1.18 bits per heavy atom. The Balaban J connectivity index is 0.00000544. The first-order valence-corrected chi connectivity index (χ1v) is 11.4. The fourth-order valence-corrected chi connectivity index (χ4v) is 3.15. The summed E-state index contributed by atoms with van der Waals surface area (Å²) in [6, 6.07) is 14.2. The molecule has 10 nitrogen and oxygen atoms in total. The molecule has 3 amide bonds. The second-order valence-corrected chi connectivity index (χ2v) is 8.95. The summed E-state index contributed by atoms with van der Waals surface area (Å²) in [5, 5.41) is 4.82. The third-order valence-corrected chi connectivity index (χ3v) is 5.23. The summed E-state index contributed by atoms with van der Waals surface area (Å²) in [6.07, 6.45) is 0. The Labute approximate surface area is 217 Å². The van der Waals surface area contributed by atoms with Crippen LogP contribution in [0.3, 0.4) is 0 Å². The zero-order valence-corrected chi connectivity index (χ0v) is 22.3. The Bertz CT molecular complexity index is 977. The number of rotatable bonds is 9. The largest absolute Gasteiger partial charge is 1.00 e. The number of nitrogens with zero attached hydrogens (tertiary/aromatic N) is 3. The number of anilines is 4. The molecular weight excluding hydrogens is 457 g/mol. The zero-order chi connectivity index (χ0) is 23.9.